The Morgan fingerprint density at radius 1 is 1.00 bits per heavy atom. The summed E-state index contributed by atoms with van der Waals surface area (Å²) in [6.07, 6.45) is 4.13. The van der Waals surface area contributed by atoms with Crippen LogP contribution >= 0.6 is 0 Å². The zero-order chi connectivity index (χ0) is 19.0. The molecule has 146 valence electrons. The van der Waals surface area contributed by atoms with Gasteiger partial charge in [0.25, 0.3) is 0 Å². The van der Waals surface area contributed by atoms with Gasteiger partial charge in [-0.2, -0.15) is 9.29 Å². The molecular formula is C17H24N6O3S. The largest absolute Gasteiger partial charge is 0.360 e. The third-order valence-electron chi connectivity index (χ3n) is 5.15. The van der Waals surface area contributed by atoms with E-state index in [2.05, 4.69) is 19.9 Å². The molecule has 0 aromatic carbocycles. The van der Waals surface area contributed by atoms with E-state index in [4.69, 9.17) is 9.51 Å². The molecule has 4 heterocycles. The molecular weight excluding hydrogens is 368 g/mol. The maximum absolute atomic E-state index is 12.9. The van der Waals surface area contributed by atoms with E-state index < -0.39 is 10.0 Å². The molecule has 0 aliphatic carbocycles. The first-order valence-corrected chi connectivity index (χ1v) is 10.7. The number of piperazine rings is 1. The Kier molecular flexibility index (Phi) is 4.77. The van der Waals surface area contributed by atoms with Crippen LogP contribution in [0.1, 0.15) is 24.3 Å². The lowest BCUT2D eigenvalue weighted by Crippen LogP contribution is -2.49. The number of aryl methyl sites for hydroxylation is 2. The van der Waals surface area contributed by atoms with E-state index in [-0.39, 0.29) is 4.90 Å². The number of nitrogens with zero attached hydrogens (tertiary/aromatic N) is 6. The average Bonchev–Trinajstić information content (AvgIpc) is 3.32. The summed E-state index contributed by atoms with van der Waals surface area (Å²) in [5.74, 6) is 1.94. The monoisotopic (exact) mass is 392 g/mol. The van der Waals surface area contributed by atoms with Gasteiger partial charge in [-0.25, -0.2) is 13.4 Å². The first kappa shape index (κ1) is 18.2. The lowest BCUT2D eigenvalue weighted by atomic mass is 10.3. The topological polar surface area (TPSA) is 95.7 Å². The summed E-state index contributed by atoms with van der Waals surface area (Å²) in [6.45, 7) is 7.23. The molecule has 0 radical (unpaired) electrons. The highest BCUT2D eigenvalue weighted by atomic mass is 32.2. The first-order valence-electron chi connectivity index (χ1n) is 9.23. The van der Waals surface area contributed by atoms with E-state index in [1.165, 1.54) is 17.1 Å². The molecule has 2 saturated heterocycles. The quantitative estimate of drug-likeness (QED) is 0.766. The van der Waals surface area contributed by atoms with Crippen molar-refractivity contribution in [2.45, 2.75) is 31.6 Å². The molecule has 0 spiro atoms. The number of hydrogen-bond donors (Lipinski definition) is 0. The Bertz CT molecular complexity index is 895. The summed E-state index contributed by atoms with van der Waals surface area (Å²) >= 11 is 0. The van der Waals surface area contributed by atoms with Crippen LogP contribution in [-0.4, -0.2) is 67.1 Å². The second-order valence-corrected chi connectivity index (χ2v) is 8.83. The van der Waals surface area contributed by atoms with Crippen molar-refractivity contribution in [1.82, 2.24) is 19.4 Å². The molecule has 10 heteroatoms. The molecule has 2 aromatic heterocycles. The van der Waals surface area contributed by atoms with Crippen LogP contribution in [0.3, 0.4) is 0 Å². The van der Waals surface area contributed by atoms with E-state index >= 15 is 0 Å². The highest BCUT2D eigenvalue weighted by Gasteiger charge is 2.33. The predicted molar refractivity (Wildman–Crippen MR) is 100 cm³/mol. The Morgan fingerprint density at radius 2 is 1.70 bits per heavy atom. The molecule has 9 nitrogen and oxygen atoms in total. The van der Waals surface area contributed by atoms with Crippen molar-refractivity contribution in [2.75, 3.05) is 49.1 Å². The fraction of sp³-hybridized carbons (Fsp3) is 0.588. The number of anilines is 2. The summed E-state index contributed by atoms with van der Waals surface area (Å²) in [6, 6.07) is 1.89. The van der Waals surface area contributed by atoms with Gasteiger partial charge in [-0.15, -0.1) is 0 Å². The highest BCUT2D eigenvalue weighted by molar-refractivity contribution is 7.89. The molecule has 4 rings (SSSR count). The second-order valence-electron chi connectivity index (χ2n) is 6.95. The Hall–Kier alpha value is -2.20. The van der Waals surface area contributed by atoms with Gasteiger partial charge in [0, 0.05) is 45.5 Å². The molecule has 27 heavy (non-hydrogen) atoms. The minimum atomic E-state index is -3.60. The normalized spacial score (nSPS) is 19.0. The molecule has 0 unspecified atom stereocenters. The molecule has 0 saturated carbocycles. The molecule has 2 aromatic rings. The summed E-state index contributed by atoms with van der Waals surface area (Å²) < 4.78 is 32.4. The van der Waals surface area contributed by atoms with Gasteiger partial charge in [-0.3, -0.25) is 0 Å². The van der Waals surface area contributed by atoms with Crippen LogP contribution in [0.25, 0.3) is 0 Å². The van der Waals surface area contributed by atoms with Crippen molar-refractivity contribution in [3.63, 3.8) is 0 Å². The van der Waals surface area contributed by atoms with Crippen molar-refractivity contribution in [3.05, 3.63) is 23.7 Å². The first-order chi connectivity index (χ1) is 13.0. The highest BCUT2D eigenvalue weighted by Crippen LogP contribution is 2.25. The van der Waals surface area contributed by atoms with Crippen molar-refractivity contribution >= 4 is 21.8 Å². The summed E-state index contributed by atoms with van der Waals surface area (Å²) in [7, 11) is -3.60. The number of hydrogen-bond acceptors (Lipinski definition) is 8. The van der Waals surface area contributed by atoms with E-state index in [1.807, 2.05) is 6.07 Å². The van der Waals surface area contributed by atoms with Crippen molar-refractivity contribution < 1.29 is 12.9 Å². The fourth-order valence-corrected chi connectivity index (χ4v) is 5.43. The van der Waals surface area contributed by atoms with Gasteiger partial charge in [0.1, 0.15) is 16.4 Å². The molecule has 2 fully saturated rings. The molecule has 0 amide bonds. The third kappa shape index (κ3) is 3.39. The van der Waals surface area contributed by atoms with Gasteiger partial charge in [0.05, 0.1) is 0 Å². The van der Waals surface area contributed by atoms with Gasteiger partial charge in [-0.1, -0.05) is 5.16 Å². The van der Waals surface area contributed by atoms with Crippen LogP contribution in [0.4, 0.5) is 11.8 Å². The van der Waals surface area contributed by atoms with Crippen LogP contribution in [0.2, 0.25) is 0 Å². The van der Waals surface area contributed by atoms with Gasteiger partial charge in [-0.05, 0) is 32.8 Å². The predicted octanol–water partition coefficient (Wildman–Crippen LogP) is 1.19. The molecule has 0 bridgehead atoms. The molecule has 2 aliphatic rings. The van der Waals surface area contributed by atoms with Crippen molar-refractivity contribution in [1.29, 1.82) is 0 Å². The summed E-state index contributed by atoms with van der Waals surface area (Å²) in [4.78, 5) is 13.6. The number of sulfonamides is 1. The smallest absolute Gasteiger partial charge is 0.248 e. The average molecular weight is 392 g/mol. The molecule has 2 aliphatic heterocycles. The summed E-state index contributed by atoms with van der Waals surface area (Å²) in [5.41, 5.74) is 0.404. The Labute approximate surface area is 159 Å². The van der Waals surface area contributed by atoms with Crippen molar-refractivity contribution in [3.8, 4) is 0 Å². The number of rotatable bonds is 4. The zero-order valence-corrected chi connectivity index (χ0v) is 16.4. The minimum absolute atomic E-state index is 0.189. The van der Waals surface area contributed by atoms with Crippen LogP contribution in [0.5, 0.6) is 0 Å². The van der Waals surface area contributed by atoms with Crippen molar-refractivity contribution in [2.24, 2.45) is 0 Å². The van der Waals surface area contributed by atoms with E-state index in [0.29, 0.717) is 37.6 Å². The standard InChI is InChI=1S/C17H24N6O3S/c1-13-16(14(2)26-20-13)27(24,25)23-11-9-21(10-12-23)15-5-6-18-17(19-15)22-7-3-4-8-22/h5-6H,3-4,7-12H2,1-2H3. The van der Waals surface area contributed by atoms with E-state index in [9.17, 15) is 8.42 Å². The Morgan fingerprint density at radius 3 is 2.33 bits per heavy atom. The van der Waals surface area contributed by atoms with E-state index in [1.54, 1.807) is 20.0 Å². The zero-order valence-electron chi connectivity index (χ0n) is 15.6. The number of aromatic nitrogens is 3. The van der Waals surface area contributed by atoms with Crippen LogP contribution in [0, 0.1) is 13.8 Å². The van der Waals surface area contributed by atoms with Gasteiger partial charge in [0.2, 0.25) is 16.0 Å². The van der Waals surface area contributed by atoms with Crippen LogP contribution < -0.4 is 9.80 Å². The van der Waals surface area contributed by atoms with Gasteiger partial charge < -0.3 is 14.3 Å². The molecule has 0 N–H and O–H groups in total. The second kappa shape index (κ2) is 7.08. The van der Waals surface area contributed by atoms with Crippen LogP contribution in [0.15, 0.2) is 21.7 Å². The maximum Gasteiger partial charge on any atom is 0.248 e. The lowest BCUT2D eigenvalue weighted by molar-refractivity contribution is 0.378. The third-order valence-corrected chi connectivity index (χ3v) is 7.29. The SMILES string of the molecule is Cc1noc(C)c1S(=O)(=O)N1CCN(c2ccnc(N3CCCC3)n2)CC1. The lowest BCUT2D eigenvalue weighted by Gasteiger charge is -2.34. The fourth-order valence-electron chi connectivity index (χ4n) is 3.71. The van der Waals surface area contributed by atoms with Gasteiger partial charge >= 0.3 is 0 Å². The summed E-state index contributed by atoms with van der Waals surface area (Å²) in [5, 5.41) is 3.77. The molecule has 0 atom stereocenters. The maximum atomic E-state index is 12.9. The minimum Gasteiger partial charge on any atom is -0.360 e. The van der Waals surface area contributed by atoms with E-state index in [0.717, 1.165) is 24.9 Å². The van der Waals surface area contributed by atoms with Crippen LogP contribution in [-0.2, 0) is 10.0 Å². The van der Waals surface area contributed by atoms with Gasteiger partial charge in [0.15, 0.2) is 5.76 Å². The Balaban J connectivity index is 1.47.